The molecule has 0 saturated carbocycles. The summed E-state index contributed by atoms with van der Waals surface area (Å²) in [6.45, 7) is 2.61. The maximum absolute atomic E-state index is 13.3. The zero-order valence-corrected chi connectivity index (χ0v) is 19.1. The van der Waals surface area contributed by atoms with Gasteiger partial charge in [-0.1, -0.05) is 18.2 Å². The predicted octanol–water partition coefficient (Wildman–Crippen LogP) is 1.22. The molecule has 0 amide bonds. The third-order valence-corrected chi connectivity index (χ3v) is 6.01. The SMILES string of the molecule is CC(C)OC(=O)CNP(=O)(OCC1O[C@@H](n2ccc(N)nc2=O)C[C@H]1O)Oc1ccccc1. The van der Waals surface area contributed by atoms with Gasteiger partial charge in [0.2, 0.25) is 0 Å². The van der Waals surface area contributed by atoms with E-state index in [-0.39, 0.29) is 30.7 Å². The van der Waals surface area contributed by atoms with Gasteiger partial charge in [-0.15, -0.1) is 0 Å². The van der Waals surface area contributed by atoms with Crippen molar-refractivity contribution in [2.75, 3.05) is 18.9 Å². The van der Waals surface area contributed by atoms with Crippen LogP contribution < -0.4 is 21.0 Å². The number of anilines is 1. The van der Waals surface area contributed by atoms with Crippen molar-refractivity contribution in [1.82, 2.24) is 14.6 Å². The number of benzene rings is 1. The van der Waals surface area contributed by atoms with Crippen LogP contribution in [0.4, 0.5) is 5.82 Å². The largest absolute Gasteiger partial charge is 0.462 e. The van der Waals surface area contributed by atoms with Crippen molar-refractivity contribution in [3.8, 4) is 5.75 Å². The van der Waals surface area contributed by atoms with Crippen LogP contribution in [0.2, 0.25) is 0 Å². The molecule has 0 bridgehead atoms. The minimum atomic E-state index is -4.06. The number of nitrogens with two attached hydrogens (primary N) is 1. The number of nitrogens with one attached hydrogen (secondary N) is 1. The number of carbonyl (C=O) groups is 1. The van der Waals surface area contributed by atoms with Crippen LogP contribution >= 0.6 is 7.75 Å². The van der Waals surface area contributed by atoms with Crippen molar-refractivity contribution in [3.05, 3.63) is 53.1 Å². The Morgan fingerprint density at radius 2 is 2.09 bits per heavy atom. The number of hydrogen-bond donors (Lipinski definition) is 3. The summed E-state index contributed by atoms with van der Waals surface area (Å²) in [5, 5.41) is 12.8. The van der Waals surface area contributed by atoms with Gasteiger partial charge >= 0.3 is 19.4 Å². The van der Waals surface area contributed by atoms with Gasteiger partial charge in [-0.05, 0) is 32.0 Å². The fourth-order valence-corrected chi connectivity index (χ4v) is 4.32. The van der Waals surface area contributed by atoms with Crippen molar-refractivity contribution >= 4 is 19.5 Å². The summed E-state index contributed by atoms with van der Waals surface area (Å²) in [5.74, 6) is -0.329. The van der Waals surface area contributed by atoms with Gasteiger partial charge in [0, 0.05) is 12.6 Å². The molecule has 1 aromatic heterocycles. The number of para-hydroxylation sites is 1. The lowest BCUT2D eigenvalue weighted by atomic mass is 10.2. The van der Waals surface area contributed by atoms with Crippen LogP contribution in [-0.2, 0) is 23.4 Å². The Morgan fingerprint density at radius 3 is 2.76 bits per heavy atom. The molecule has 2 aromatic rings. The van der Waals surface area contributed by atoms with Crippen LogP contribution in [0.1, 0.15) is 26.5 Å². The van der Waals surface area contributed by atoms with Gasteiger partial charge in [0.15, 0.2) is 0 Å². The van der Waals surface area contributed by atoms with E-state index in [1.165, 1.54) is 16.8 Å². The van der Waals surface area contributed by atoms with Gasteiger partial charge < -0.3 is 24.8 Å². The van der Waals surface area contributed by atoms with Crippen LogP contribution in [0.15, 0.2) is 47.4 Å². The van der Waals surface area contributed by atoms with Crippen LogP contribution in [0.5, 0.6) is 5.75 Å². The second-order valence-electron chi connectivity index (χ2n) is 7.55. The van der Waals surface area contributed by atoms with E-state index in [1.807, 2.05) is 0 Å². The summed E-state index contributed by atoms with van der Waals surface area (Å²) in [4.78, 5) is 27.6. The quantitative estimate of drug-likeness (QED) is 0.329. The van der Waals surface area contributed by atoms with Gasteiger partial charge in [-0.25, -0.2) is 14.4 Å². The average Bonchev–Trinajstić information content (AvgIpc) is 3.11. The highest BCUT2D eigenvalue weighted by atomic mass is 31.2. The van der Waals surface area contributed by atoms with E-state index in [4.69, 9.17) is 24.3 Å². The molecule has 4 N–H and O–H groups in total. The van der Waals surface area contributed by atoms with Crippen molar-refractivity contribution in [1.29, 1.82) is 0 Å². The molecule has 0 spiro atoms. The molecule has 1 saturated heterocycles. The van der Waals surface area contributed by atoms with Crippen LogP contribution in [0.3, 0.4) is 0 Å². The Hall–Kier alpha value is -2.76. The second-order valence-corrected chi connectivity index (χ2v) is 9.30. The maximum atomic E-state index is 13.3. The summed E-state index contributed by atoms with van der Waals surface area (Å²) in [7, 11) is -4.06. The lowest BCUT2D eigenvalue weighted by molar-refractivity contribution is -0.146. The number of nitrogen functional groups attached to an aromatic ring is 1. The first-order chi connectivity index (χ1) is 15.6. The Balaban J connectivity index is 1.67. The normalized spacial score (nSPS) is 22.1. The molecule has 1 aromatic carbocycles. The molecule has 33 heavy (non-hydrogen) atoms. The van der Waals surface area contributed by atoms with Crippen molar-refractivity contribution in [2.24, 2.45) is 0 Å². The number of aromatic nitrogens is 2. The first-order valence-electron chi connectivity index (χ1n) is 10.3. The lowest BCUT2D eigenvalue weighted by Gasteiger charge is -2.22. The zero-order chi connectivity index (χ0) is 24.0. The molecule has 1 aliphatic heterocycles. The van der Waals surface area contributed by atoms with Crippen molar-refractivity contribution in [3.63, 3.8) is 0 Å². The first-order valence-corrected chi connectivity index (χ1v) is 11.8. The van der Waals surface area contributed by atoms with Gasteiger partial charge in [-0.3, -0.25) is 13.9 Å². The highest BCUT2D eigenvalue weighted by molar-refractivity contribution is 7.52. The minimum absolute atomic E-state index is 0.0655. The third-order valence-electron chi connectivity index (χ3n) is 4.53. The van der Waals surface area contributed by atoms with E-state index >= 15 is 0 Å². The predicted molar refractivity (Wildman–Crippen MR) is 117 cm³/mol. The molecule has 0 radical (unpaired) electrons. The molecule has 0 aliphatic carbocycles. The molecule has 13 heteroatoms. The second kappa shape index (κ2) is 10.9. The fraction of sp³-hybridized carbons (Fsp3) is 0.450. The van der Waals surface area contributed by atoms with E-state index in [0.717, 1.165) is 0 Å². The Morgan fingerprint density at radius 1 is 1.36 bits per heavy atom. The number of aliphatic hydroxyl groups is 1. The first kappa shape index (κ1) is 24.9. The summed E-state index contributed by atoms with van der Waals surface area (Å²) < 4.78 is 36.2. The van der Waals surface area contributed by atoms with Crippen molar-refractivity contribution < 1.29 is 33.0 Å². The number of aliphatic hydroxyl groups excluding tert-OH is 1. The lowest BCUT2D eigenvalue weighted by Crippen LogP contribution is -2.31. The summed E-state index contributed by atoms with van der Waals surface area (Å²) in [6.07, 6.45) is -1.60. The molecular formula is C20H27N4O8P. The van der Waals surface area contributed by atoms with E-state index in [0.29, 0.717) is 0 Å². The van der Waals surface area contributed by atoms with Gasteiger partial charge in [-0.2, -0.15) is 4.98 Å². The number of nitrogens with zero attached hydrogens (tertiary/aromatic N) is 2. The number of rotatable bonds is 10. The van der Waals surface area contributed by atoms with E-state index < -0.39 is 44.4 Å². The topological polar surface area (TPSA) is 164 Å². The standard InChI is InChI=1S/C20H27N4O8P/c1-13(2)30-19(26)11-22-33(28,32-14-6-4-3-5-7-14)29-12-16-15(25)10-18(31-16)24-9-8-17(21)23-20(24)27/h3-9,13,15-16,18,25H,10-12H2,1-2H3,(H,22,28)(H2,21,23,27)/t15-,16?,18-,33?/m1/s1. The highest BCUT2D eigenvalue weighted by Gasteiger charge is 2.38. The maximum Gasteiger partial charge on any atom is 0.459 e. The molecule has 4 atom stereocenters. The monoisotopic (exact) mass is 482 g/mol. The summed E-state index contributed by atoms with van der Waals surface area (Å²) >= 11 is 0. The number of esters is 1. The minimum Gasteiger partial charge on any atom is -0.462 e. The smallest absolute Gasteiger partial charge is 0.459 e. The molecular weight excluding hydrogens is 455 g/mol. The third kappa shape index (κ3) is 7.11. The number of carbonyl (C=O) groups excluding carboxylic acids is 1. The van der Waals surface area contributed by atoms with Crippen molar-refractivity contribution in [2.45, 2.75) is 44.8 Å². The fourth-order valence-electron chi connectivity index (χ4n) is 3.04. The van der Waals surface area contributed by atoms with Gasteiger partial charge in [0.25, 0.3) is 0 Å². The molecule has 2 heterocycles. The Labute approximate surface area is 190 Å². The van der Waals surface area contributed by atoms with Crippen LogP contribution in [-0.4, -0.2) is 52.1 Å². The molecule has 2 unspecified atom stereocenters. The zero-order valence-electron chi connectivity index (χ0n) is 18.2. The number of ether oxygens (including phenoxy) is 2. The molecule has 12 nitrogen and oxygen atoms in total. The van der Waals surface area contributed by atoms with Crippen LogP contribution in [0, 0.1) is 0 Å². The molecule has 1 aliphatic rings. The van der Waals surface area contributed by atoms with E-state index in [9.17, 15) is 19.3 Å². The molecule has 1 fully saturated rings. The van der Waals surface area contributed by atoms with Crippen LogP contribution in [0.25, 0.3) is 0 Å². The Kier molecular flexibility index (Phi) is 8.22. The van der Waals surface area contributed by atoms with E-state index in [2.05, 4.69) is 10.1 Å². The highest BCUT2D eigenvalue weighted by Crippen LogP contribution is 2.45. The van der Waals surface area contributed by atoms with Gasteiger partial charge in [0.1, 0.15) is 30.4 Å². The number of hydrogen-bond acceptors (Lipinski definition) is 10. The average molecular weight is 482 g/mol. The molecule has 3 rings (SSSR count). The van der Waals surface area contributed by atoms with Gasteiger partial charge in [0.05, 0.1) is 18.8 Å². The summed E-state index contributed by atoms with van der Waals surface area (Å²) in [6, 6.07) is 9.69. The van der Waals surface area contributed by atoms with E-state index in [1.54, 1.807) is 44.2 Å². The summed E-state index contributed by atoms with van der Waals surface area (Å²) in [5.41, 5.74) is 4.87. The molecule has 180 valence electrons. The Bertz CT molecular complexity index is 1050.